The van der Waals surface area contributed by atoms with E-state index in [1.807, 2.05) is 0 Å². The molecule has 1 heterocycles. The van der Waals surface area contributed by atoms with Crippen molar-refractivity contribution in [3.05, 3.63) is 35.4 Å². The van der Waals surface area contributed by atoms with E-state index in [0.29, 0.717) is 22.9 Å². The fourth-order valence-electron chi connectivity index (χ4n) is 4.66. The van der Waals surface area contributed by atoms with Gasteiger partial charge < -0.3 is 20.9 Å². The zero-order valence-electron chi connectivity index (χ0n) is 15.5. The topological polar surface area (TPSA) is 105 Å². The number of nitrogens with two attached hydrogens (primary N) is 2. The molecule has 6 nitrogen and oxygen atoms in total. The number of nitrogen functional groups attached to an aromatic ring is 2. The molecular weight excluding hydrogens is 364 g/mol. The van der Waals surface area contributed by atoms with Crippen LogP contribution >= 0.6 is 0 Å². The number of benzene rings is 2. The first-order valence-corrected chi connectivity index (χ1v) is 10.5. The van der Waals surface area contributed by atoms with Crippen LogP contribution in [-0.2, 0) is 15.3 Å². The van der Waals surface area contributed by atoms with Gasteiger partial charge in [0.2, 0.25) is 9.84 Å². The van der Waals surface area contributed by atoms with Crippen LogP contribution in [0.15, 0.2) is 34.1 Å². The summed E-state index contributed by atoms with van der Waals surface area (Å²) in [6.07, 6.45) is 4.92. The largest absolute Gasteiger partial charge is 0.495 e. The Labute approximate surface area is 159 Å². The van der Waals surface area contributed by atoms with Gasteiger partial charge in [0.25, 0.3) is 0 Å². The fraction of sp³-hybridized carbons (Fsp3) is 0.400. The first-order chi connectivity index (χ1) is 12.8. The lowest BCUT2D eigenvalue weighted by molar-refractivity contribution is 0.328. The van der Waals surface area contributed by atoms with Crippen LogP contribution < -0.4 is 20.9 Å². The van der Waals surface area contributed by atoms with E-state index in [1.165, 1.54) is 12.1 Å². The van der Waals surface area contributed by atoms with E-state index in [0.717, 1.165) is 43.2 Å². The van der Waals surface area contributed by atoms with E-state index < -0.39 is 15.3 Å². The molecular formula is C20H24N2O4S. The molecule has 7 heteroatoms. The molecule has 1 aliphatic carbocycles. The molecule has 0 radical (unpaired) electrons. The summed E-state index contributed by atoms with van der Waals surface area (Å²) in [5.41, 5.74) is 13.9. The molecule has 27 heavy (non-hydrogen) atoms. The number of sulfone groups is 1. The minimum atomic E-state index is -3.74. The molecule has 4 N–H and O–H groups in total. The molecule has 1 spiro atoms. The van der Waals surface area contributed by atoms with Crippen LogP contribution in [0.3, 0.4) is 0 Å². The van der Waals surface area contributed by atoms with Gasteiger partial charge in [-0.1, -0.05) is 19.3 Å². The van der Waals surface area contributed by atoms with Gasteiger partial charge in [0.15, 0.2) is 0 Å². The maximum Gasteiger partial charge on any atom is 0.207 e. The summed E-state index contributed by atoms with van der Waals surface area (Å²) in [6.45, 7) is 0. The highest BCUT2D eigenvalue weighted by Gasteiger charge is 2.47. The number of rotatable bonds is 2. The maximum absolute atomic E-state index is 13.4. The lowest BCUT2D eigenvalue weighted by atomic mass is 9.65. The van der Waals surface area contributed by atoms with Gasteiger partial charge >= 0.3 is 0 Å². The summed E-state index contributed by atoms with van der Waals surface area (Å²) >= 11 is 0. The molecule has 0 unspecified atom stereocenters. The zero-order chi connectivity index (χ0) is 19.4. The minimum absolute atomic E-state index is 0.264. The molecule has 2 aromatic carbocycles. The Morgan fingerprint density at radius 1 is 0.815 bits per heavy atom. The van der Waals surface area contributed by atoms with Gasteiger partial charge in [0.1, 0.15) is 11.5 Å². The highest BCUT2D eigenvalue weighted by molar-refractivity contribution is 7.91. The number of hydrogen-bond donors (Lipinski definition) is 2. The minimum Gasteiger partial charge on any atom is -0.495 e. The van der Waals surface area contributed by atoms with Crippen molar-refractivity contribution in [2.75, 3.05) is 25.7 Å². The molecule has 0 saturated heterocycles. The number of methoxy groups -OCH3 is 2. The number of ether oxygens (including phenoxy) is 2. The smallest absolute Gasteiger partial charge is 0.207 e. The van der Waals surface area contributed by atoms with Gasteiger partial charge in [0.05, 0.1) is 35.4 Å². The Bertz CT molecular complexity index is 955. The number of hydrogen-bond acceptors (Lipinski definition) is 6. The van der Waals surface area contributed by atoms with Gasteiger partial charge in [-0.2, -0.15) is 0 Å². The highest BCUT2D eigenvalue weighted by atomic mass is 32.2. The van der Waals surface area contributed by atoms with Gasteiger partial charge in [-0.15, -0.1) is 0 Å². The van der Waals surface area contributed by atoms with Gasteiger partial charge in [-0.05, 0) is 48.2 Å². The van der Waals surface area contributed by atoms with Crippen LogP contribution in [0.5, 0.6) is 11.5 Å². The lowest BCUT2D eigenvalue weighted by Gasteiger charge is -2.43. The maximum atomic E-state index is 13.4. The fourth-order valence-corrected chi connectivity index (χ4v) is 6.54. The molecule has 4 rings (SSSR count). The molecule has 1 aliphatic heterocycles. The predicted molar refractivity (Wildman–Crippen MR) is 104 cm³/mol. The number of anilines is 2. The normalized spacial score (nSPS) is 19.2. The van der Waals surface area contributed by atoms with E-state index in [4.69, 9.17) is 20.9 Å². The summed E-state index contributed by atoms with van der Waals surface area (Å²) in [4.78, 5) is 0.527. The summed E-state index contributed by atoms with van der Waals surface area (Å²) in [5.74, 6) is 1.000. The van der Waals surface area contributed by atoms with E-state index in [-0.39, 0.29) is 9.79 Å². The van der Waals surface area contributed by atoms with Crippen LogP contribution in [0, 0.1) is 0 Å². The third kappa shape index (κ3) is 2.41. The molecule has 0 aromatic heterocycles. The van der Waals surface area contributed by atoms with Crippen molar-refractivity contribution in [2.24, 2.45) is 0 Å². The molecule has 1 fully saturated rings. The molecule has 0 atom stereocenters. The van der Waals surface area contributed by atoms with Crippen molar-refractivity contribution < 1.29 is 17.9 Å². The quantitative estimate of drug-likeness (QED) is 0.765. The second kappa shape index (κ2) is 6.05. The average Bonchev–Trinajstić information content (AvgIpc) is 2.67. The van der Waals surface area contributed by atoms with E-state index in [2.05, 4.69) is 0 Å². The molecule has 0 amide bonds. The monoisotopic (exact) mass is 388 g/mol. The second-order valence-electron chi connectivity index (χ2n) is 7.33. The van der Waals surface area contributed by atoms with Crippen LogP contribution in [0.2, 0.25) is 0 Å². The Hall–Kier alpha value is -2.41. The Morgan fingerprint density at radius 3 is 1.67 bits per heavy atom. The average molecular weight is 388 g/mol. The SMILES string of the molecule is COc1cc2c(cc1N)S(=O)(=O)c1cc(N)c(OC)cc1C21CCCCC1. The molecule has 1 saturated carbocycles. The predicted octanol–water partition coefficient (Wildman–Crippen LogP) is 3.26. The summed E-state index contributed by atoms with van der Waals surface area (Å²) in [5, 5.41) is 0. The standard InChI is InChI=1S/C20H24N2O4S/c1-25-16-8-12-18(10-14(16)21)27(23,24)19-11-15(22)17(26-2)9-13(19)20(12)6-4-3-5-7-20/h8-11H,3-7,21-22H2,1-2H3. The third-order valence-electron chi connectivity index (χ3n) is 5.98. The van der Waals surface area contributed by atoms with Crippen LogP contribution in [0.4, 0.5) is 11.4 Å². The third-order valence-corrected chi connectivity index (χ3v) is 7.81. The first-order valence-electron chi connectivity index (χ1n) is 9.06. The molecule has 2 aromatic rings. The van der Waals surface area contributed by atoms with Crippen LogP contribution in [0.25, 0.3) is 0 Å². The van der Waals surface area contributed by atoms with Crippen molar-refractivity contribution in [3.63, 3.8) is 0 Å². The van der Waals surface area contributed by atoms with Gasteiger partial charge in [-0.3, -0.25) is 0 Å². The Kier molecular flexibility index (Phi) is 4.03. The molecule has 0 bridgehead atoms. The summed E-state index contributed by atoms with van der Waals surface area (Å²) < 4.78 is 37.7. The van der Waals surface area contributed by atoms with Crippen molar-refractivity contribution in [2.45, 2.75) is 47.3 Å². The Morgan fingerprint density at radius 2 is 1.26 bits per heavy atom. The van der Waals surface area contributed by atoms with Crippen molar-refractivity contribution >= 4 is 21.2 Å². The van der Waals surface area contributed by atoms with Gasteiger partial charge in [0, 0.05) is 5.41 Å². The second-order valence-corrected chi connectivity index (χ2v) is 9.21. The van der Waals surface area contributed by atoms with E-state index >= 15 is 0 Å². The van der Waals surface area contributed by atoms with Crippen LogP contribution in [0.1, 0.15) is 43.2 Å². The van der Waals surface area contributed by atoms with E-state index in [9.17, 15) is 8.42 Å². The van der Waals surface area contributed by atoms with Gasteiger partial charge in [-0.25, -0.2) is 8.42 Å². The lowest BCUT2D eigenvalue weighted by Crippen LogP contribution is -2.37. The molecule has 144 valence electrons. The van der Waals surface area contributed by atoms with Crippen molar-refractivity contribution in [1.82, 2.24) is 0 Å². The number of fused-ring (bicyclic) bond motifs is 4. The van der Waals surface area contributed by atoms with Crippen molar-refractivity contribution in [3.8, 4) is 11.5 Å². The summed E-state index contributed by atoms with van der Waals surface area (Å²) in [6, 6.07) is 6.67. The summed E-state index contributed by atoms with van der Waals surface area (Å²) in [7, 11) is -0.658. The van der Waals surface area contributed by atoms with Crippen LogP contribution in [-0.4, -0.2) is 22.6 Å². The van der Waals surface area contributed by atoms with Crippen molar-refractivity contribution in [1.29, 1.82) is 0 Å². The molecule has 2 aliphatic rings. The first kappa shape index (κ1) is 18.0. The highest BCUT2D eigenvalue weighted by Crippen LogP contribution is 2.55. The zero-order valence-corrected chi connectivity index (χ0v) is 16.4. The Balaban J connectivity index is 2.12. The van der Waals surface area contributed by atoms with E-state index in [1.54, 1.807) is 26.4 Å².